The van der Waals surface area contributed by atoms with E-state index in [1.807, 2.05) is 13.8 Å². The molecule has 5 heteroatoms. The Balaban J connectivity index is 4.79. The molecule has 0 bridgehead atoms. The Bertz CT molecular complexity index is 293. The van der Waals surface area contributed by atoms with Crippen molar-refractivity contribution in [2.24, 2.45) is 5.92 Å². The quantitative estimate of drug-likeness (QED) is 0.773. The van der Waals surface area contributed by atoms with Crippen LogP contribution >= 0.6 is 0 Å². The van der Waals surface area contributed by atoms with Gasteiger partial charge in [0, 0.05) is 0 Å². The minimum atomic E-state index is -1.09. The van der Waals surface area contributed by atoms with E-state index in [4.69, 9.17) is 9.47 Å². The molecule has 0 aliphatic rings. The molecule has 0 aliphatic heterocycles. The summed E-state index contributed by atoms with van der Waals surface area (Å²) in [5.74, 6) is -0.596. The van der Waals surface area contributed by atoms with Gasteiger partial charge in [-0.2, -0.15) is 0 Å². The first-order valence-corrected chi connectivity index (χ1v) is 5.62. The Morgan fingerprint density at radius 1 is 1.12 bits per heavy atom. The molecule has 100 valence electrons. The van der Waals surface area contributed by atoms with E-state index < -0.39 is 23.2 Å². The third-order valence-corrected chi connectivity index (χ3v) is 2.52. The molecule has 0 aromatic rings. The van der Waals surface area contributed by atoms with Gasteiger partial charge in [-0.1, -0.05) is 13.8 Å². The van der Waals surface area contributed by atoms with Gasteiger partial charge in [0.1, 0.15) is 11.1 Å². The first-order chi connectivity index (χ1) is 7.53. The lowest BCUT2D eigenvalue weighted by molar-refractivity contribution is -0.149. The van der Waals surface area contributed by atoms with E-state index in [2.05, 4.69) is 5.32 Å². The van der Waals surface area contributed by atoms with Crippen LogP contribution in [0.2, 0.25) is 0 Å². The van der Waals surface area contributed by atoms with E-state index in [9.17, 15) is 9.59 Å². The molecule has 5 nitrogen and oxygen atoms in total. The van der Waals surface area contributed by atoms with Crippen LogP contribution in [0.15, 0.2) is 0 Å². The Morgan fingerprint density at radius 2 is 1.59 bits per heavy atom. The fourth-order valence-electron chi connectivity index (χ4n) is 1.16. The van der Waals surface area contributed by atoms with Gasteiger partial charge in [-0.25, -0.2) is 9.59 Å². The van der Waals surface area contributed by atoms with Crippen molar-refractivity contribution < 1.29 is 19.1 Å². The van der Waals surface area contributed by atoms with Crippen molar-refractivity contribution in [1.29, 1.82) is 0 Å². The highest BCUT2D eigenvalue weighted by atomic mass is 16.6. The van der Waals surface area contributed by atoms with Crippen LogP contribution in [0.1, 0.15) is 41.5 Å². The highest BCUT2D eigenvalue weighted by Gasteiger charge is 2.40. The molecule has 0 radical (unpaired) electrons. The number of hydrogen-bond donors (Lipinski definition) is 1. The van der Waals surface area contributed by atoms with Gasteiger partial charge in [0.05, 0.1) is 7.11 Å². The third-order valence-electron chi connectivity index (χ3n) is 2.52. The second-order valence-corrected chi connectivity index (χ2v) is 5.48. The Labute approximate surface area is 103 Å². The van der Waals surface area contributed by atoms with E-state index in [0.717, 1.165) is 0 Å². The van der Waals surface area contributed by atoms with Crippen LogP contribution in [0.25, 0.3) is 0 Å². The van der Waals surface area contributed by atoms with Gasteiger partial charge >= 0.3 is 12.1 Å². The molecule has 17 heavy (non-hydrogen) atoms. The molecule has 0 aliphatic carbocycles. The number of methoxy groups -OCH3 is 1. The molecule has 0 saturated carbocycles. The van der Waals surface area contributed by atoms with Crippen LogP contribution in [0, 0.1) is 5.92 Å². The number of nitrogens with one attached hydrogen (secondary N) is 1. The molecule has 0 aromatic carbocycles. The van der Waals surface area contributed by atoms with Crippen molar-refractivity contribution >= 4 is 12.1 Å². The molecule has 1 N–H and O–H groups in total. The summed E-state index contributed by atoms with van der Waals surface area (Å²) in [6.07, 6.45) is -0.626. The maximum atomic E-state index is 11.7. The maximum absolute atomic E-state index is 11.7. The summed E-state index contributed by atoms with van der Waals surface area (Å²) in [6, 6.07) is 0. The molecule has 1 amide bonds. The van der Waals surface area contributed by atoms with Crippen LogP contribution in [0.3, 0.4) is 0 Å². The first-order valence-electron chi connectivity index (χ1n) is 5.62. The minimum absolute atomic E-state index is 0.109. The van der Waals surface area contributed by atoms with Crippen LogP contribution in [0.5, 0.6) is 0 Å². The van der Waals surface area contributed by atoms with E-state index >= 15 is 0 Å². The molecule has 0 saturated heterocycles. The van der Waals surface area contributed by atoms with Gasteiger partial charge in [0.15, 0.2) is 0 Å². The number of alkyl carbamates (subject to hydrolysis) is 1. The zero-order valence-corrected chi connectivity index (χ0v) is 11.7. The van der Waals surface area contributed by atoms with Crippen LogP contribution in [-0.4, -0.2) is 30.3 Å². The fraction of sp³-hybridized carbons (Fsp3) is 0.833. The average molecular weight is 245 g/mol. The van der Waals surface area contributed by atoms with Crippen molar-refractivity contribution in [1.82, 2.24) is 5.32 Å². The molecule has 0 spiro atoms. The Hall–Kier alpha value is -1.26. The van der Waals surface area contributed by atoms with E-state index in [1.54, 1.807) is 27.7 Å². The summed E-state index contributed by atoms with van der Waals surface area (Å²) in [4.78, 5) is 23.3. The molecule has 0 heterocycles. The summed E-state index contributed by atoms with van der Waals surface area (Å²) in [5, 5.41) is 2.56. The zero-order chi connectivity index (χ0) is 13.9. The van der Waals surface area contributed by atoms with Crippen molar-refractivity contribution in [3.05, 3.63) is 0 Å². The molecule has 0 unspecified atom stereocenters. The standard InChI is InChI=1S/C12H23NO4/c1-8(2)12(6,9(14)16-7)13-10(15)17-11(3,4)5/h8H,1-7H3,(H,13,15)/t12-/m0/s1. The monoisotopic (exact) mass is 245 g/mol. The molecule has 0 rings (SSSR count). The second-order valence-electron chi connectivity index (χ2n) is 5.48. The van der Waals surface area contributed by atoms with Gasteiger partial charge in [-0.05, 0) is 33.6 Å². The largest absolute Gasteiger partial charge is 0.467 e. The second kappa shape index (κ2) is 5.38. The van der Waals surface area contributed by atoms with E-state index in [1.165, 1.54) is 7.11 Å². The lowest BCUT2D eigenvalue weighted by Gasteiger charge is -2.32. The van der Waals surface area contributed by atoms with Crippen molar-refractivity contribution in [2.75, 3.05) is 7.11 Å². The minimum Gasteiger partial charge on any atom is -0.467 e. The summed E-state index contributed by atoms with van der Waals surface area (Å²) in [6.45, 7) is 10.6. The predicted molar refractivity (Wildman–Crippen MR) is 64.6 cm³/mol. The zero-order valence-electron chi connectivity index (χ0n) is 11.7. The first kappa shape index (κ1) is 15.7. The van der Waals surface area contributed by atoms with E-state index in [-0.39, 0.29) is 5.92 Å². The van der Waals surface area contributed by atoms with Gasteiger partial charge in [-0.15, -0.1) is 0 Å². The number of esters is 1. The third kappa shape index (κ3) is 4.63. The topological polar surface area (TPSA) is 64.6 Å². The highest BCUT2D eigenvalue weighted by molar-refractivity contribution is 5.85. The van der Waals surface area contributed by atoms with Crippen LogP contribution in [0.4, 0.5) is 4.79 Å². The van der Waals surface area contributed by atoms with Crippen LogP contribution in [-0.2, 0) is 14.3 Å². The van der Waals surface area contributed by atoms with Crippen molar-refractivity contribution in [2.45, 2.75) is 52.7 Å². The van der Waals surface area contributed by atoms with Crippen LogP contribution < -0.4 is 5.32 Å². The predicted octanol–water partition coefficient (Wildman–Crippen LogP) is 2.10. The highest BCUT2D eigenvalue weighted by Crippen LogP contribution is 2.19. The Kier molecular flexibility index (Phi) is 4.98. The lowest BCUT2D eigenvalue weighted by Crippen LogP contribution is -2.57. The SMILES string of the molecule is COC(=O)[C@@](C)(NC(=O)OC(C)(C)C)C(C)C. The van der Waals surface area contributed by atoms with Gasteiger partial charge in [0.2, 0.25) is 0 Å². The van der Waals surface area contributed by atoms with Crippen molar-refractivity contribution in [3.63, 3.8) is 0 Å². The van der Waals surface area contributed by atoms with Gasteiger partial charge in [0.25, 0.3) is 0 Å². The number of hydrogen-bond acceptors (Lipinski definition) is 4. The van der Waals surface area contributed by atoms with Gasteiger partial charge < -0.3 is 14.8 Å². The molecule has 1 atom stereocenters. The molecule has 0 fully saturated rings. The average Bonchev–Trinajstić information content (AvgIpc) is 2.12. The number of carbonyl (C=O) groups is 2. The normalized spacial score (nSPS) is 15.1. The number of ether oxygens (including phenoxy) is 2. The maximum Gasteiger partial charge on any atom is 0.408 e. The number of rotatable bonds is 3. The lowest BCUT2D eigenvalue weighted by atomic mass is 9.88. The smallest absolute Gasteiger partial charge is 0.408 e. The number of carbonyl (C=O) groups excluding carboxylic acids is 2. The van der Waals surface area contributed by atoms with Crippen molar-refractivity contribution in [3.8, 4) is 0 Å². The fourth-order valence-corrected chi connectivity index (χ4v) is 1.16. The summed E-state index contributed by atoms with van der Waals surface area (Å²) in [7, 11) is 1.29. The number of amides is 1. The summed E-state index contributed by atoms with van der Waals surface area (Å²) < 4.78 is 9.82. The summed E-state index contributed by atoms with van der Waals surface area (Å²) >= 11 is 0. The summed E-state index contributed by atoms with van der Waals surface area (Å²) in [5.41, 5.74) is -1.69. The molecular weight excluding hydrogens is 222 g/mol. The van der Waals surface area contributed by atoms with Gasteiger partial charge in [-0.3, -0.25) is 0 Å². The van der Waals surface area contributed by atoms with E-state index in [0.29, 0.717) is 0 Å². The Morgan fingerprint density at radius 3 is 1.88 bits per heavy atom. The molecule has 0 aromatic heterocycles. The molecular formula is C12H23NO4.